The monoisotopic (exact) mass is 383 g/mol. The molecule has 2 N–H and O–H groups in total. The molecule has 1 atom stereocenters. The molecule has 0 fully saturated rings. The predicted molar refractivity (Wildman–Crippen MR) is 104 cm³/mol. The van der Waals surface area contributed by atoms with Crippen LogP contribution in [0.25, 0.3) is 0 Å². The number of ether oxygens (including phenoxy) is 1. The first kappa shape index (κ1) is 18.6. The van der Waals surface area contributed by atoms with Crippen LogP contribution in [-0.4, -0.2) is 21.0 Å². The number of hydrogen-bond donors (Lipinski definition) is 2. The minimum absolute atomic E-state index is 0.0593. The smallest absolute Gasteiger partial charge is 0.414 e. The largest absolute Gasteiger partial charge is 0.444 e. The van der Waals surface area contributed by atoms with E-state index in [9.17, 15) is 4.79 Å². The molecule has 0 aliphatic heterocycles. The molecular weight excluding hydrogens is 366 g/mol. The zero-order chi connectivity index (χ0) is 19.1. The number of aromatic nitrogens is 3. The van der Waals surface area contributed by atoms with Gasteiger partial charge in [0.2, 0.25) is 11.9 Å². The van der Waals surface area contributed by atoms with Gasteiger partial charge in [0.1, 0.15) is 6.61 Å². The maximum Gasteiger partial charge on any atom is 0.414 e. The highest BCUT2D eigenvalue weighted by atomic mass is 35.5. The van der Waals surface area contributed by atoms with Gasteiger partial charge in [-0.1, -0.05) is 48.5 Å². The van der Waals surface area contributed by atoms with Crippen molar-refractivity contribution in [2.75, 3.05) is 10.6 Å². The molecule has 0 spiro atoms. The Bertz CT molecular complexity index is 891. The van der Waals surface area contributed by atoms with E-state index in [0.717, 1.165) is 11.3 Å². The second kappa shape index (κ2) is 8.95. The lowest BCUT2D eigenvalue weighted by atomic mass is 10.2. The molecule has 27 heavy (non-hydrogen) atoms. The molecule has 3 aromatic rings. The third-order valence-electron chi connectivity index (χ3n) is 3.47. The Balaban J connectivity index is 1.70. The number of anilines is 3. The Hall–Kier alpha value is -3.19. The summed E-state index contributed by atoms with van der Waals surface area (Å²) in [4.78, 5) is 24.7. The summed E-state index contributed by atoms with van der Waals surface area (Å²) in [5.41, 5.74) is 1.68. The van der Waals surface area contributed by atoms with E-state index in [1.807, 2.05) is 60.7 Å². The van der Waals surface area contributed by atoms with Crippen LogP contribution in [0.1, 0.15) is 23.7 Å². The first-order valence-electron chi connectivity index (χ1n) is 8.30. The van der Waals surface area contributed by atoms with Crippen molar-refractivity contribution >= 4 is 35.3 Å². The summed E-state index contributed by atoms with van der Waals surface area (Å²) in [6.07, 6.45) is -0.663. The van der Waals surface area contributed by atoms with Gasteiger partial charge in [0, 0.05) is 5.69 Å². The molecule has 1 aromatic heterocycles. The SMILES string of the molecule is CC(Cl)c1nc(NC(=O)OCc2ccccc2)nc(Nc2ccccc2)n1. The quantitative estimate of drug-likeness (QED) is 0.601. The number of alkyl halides is 1. The fraction of sp³-hybridized carbons (Fsp3) is 0.158. The lowest BCUT2D eigenvalue weighted by Crippen LogP contribution is -2.17. The van der Waals surface area contributed by atoms with E-state index in [1.54, 1.807) is 6.92 Å². The van der Waals surface area contributed by atoms with Gasteiger partial charge in [0.05, 0.1) is 5.38 Å². The molecule has 3 rings (SSSR count). The topological polar surface area (TPSA) is 89.0 Å². The van der Waals surface area contributed by atoms with Crippen molar-refractivity contribution in [3.63, 3.8) is 0 Å². The number of carbonyl (C=O) groups excluding carboxylic acids is 1. The number of halogens is 1. The highest BCUT2D eigenvalue weighted by Crippen LogP contribution is 2.20. The van der Waals surface area contributed by atoms with E-state index in [1.165, 1.54) is 0 Å². The molecule has 0 radical (unpaired) electrons. The summed E-state index contributed by atoms with van der Waals surface area (Å²) in [5.74, 6) is 0.671. The molecule has 0 aliphatic rings. The van der Waals surface area contributed by atoms with Crippen molar-refractivity contribution in [1.82, 2.24) is 15.0 Å². The average molecular weight is 384 g/mol. The zero-order valence-corrected chi connectivity index (χ0v) is 15.3. The molecule has 7 nitrogen and oxygen atoms in total. The summed E-state index contributed by atoms with van der Waals surface area (Å²) in [6.45, 7) is 1.88. The number of carbonyl (C=O) groups is 1. The third-order valence-corrected chi connectivity index (χ3v) is 3.66. The molecular formula is C19H18ClN5O2. The molecule has 0 saturated heterocycles. The van der Waals surface area contributed by atoms with Crippen LogP contribution in [0, 0.1) is 0 Å². The van der Waals surface area contributed by atoms with Gasteiger partial charge >= 0.3 is 6.09 Å². The standard InChI is InChI=1S/C19H18ClN5O2/c1-13(20)16-22-17(21-15-10-6-3-7-11-15)24-18(23-16)25-19(26)27-12-14-8-4-2-5-9-14/h2-11,13H,12H2,1H3,(H2,21,22,23,24,25,26). The van der Waals surface area contributed by atoms with Crippen LogP contribution in [0.15, 0.2) is 60.7 Å². The van der Waals surface area contributed by atoms with E-state index in [-0.39, 0.29) is 18.5 Å². The van der Waals surface area contributed by atoms with E-state index >= 15 is 0 Å². The number of hydrogen-bond acceptors (Lipinski definition) is 6. The van der Waals surface area contributed by atoms with Gasteiger partial charge in [0.25, 0.3) is 0 Å². The Kier molecular flexibility index (Phi) is 6.17. The maximum atomic E-state index is 12.0. The average Bonchev–Trinajstić information content (AvgIpc) is 2.68. The zero-order valence-electron chi connectivity index (χ0n) is 14.6. The number of amides is 1. The molecule has 1 unspecified atom stereocenters. The molecule has 1 amide bonds. The minimum atomic E-state index is -0.663. The van der Waals surface area contributed by atoms with Gasteiger partial charge in [-0.25, -0.2) is 4.79 Å². The Labute approximate surface area is 161 Å². The van der Waals surface area contributed by atoms with Crippen molar-refractivity contribution in [3.05, 3.63) is 72.1 Å². The normalized spacial score (nSPS) is 11.5. The van der Waals surface area contributed by atoms with Crippen molar-refractivity contribution in [1.29, 1.82) is 0 Å². The maximum absolute atomic E-state index is 12.0. The molecule has 2 aromatic carbocycles. The molecule has 0 saturated carbocycles. The summed E-state index contributed by atoms with van der Waals surface area (Å²) in [7, 11) is 0. The first-order valence-corrected chi connectivity index (χ1v) is 8.73. The van der Waals surface area contributed by atoms with E-state index in [2.05, 4.69) is 25.6 Å². The van der Waals surface area contributed by atoms with Gasteiger partial charge in [-0.15, -0.1) is 11.6 Å². The number of rotatable bonds is 6. The van der Waals surface area contributed by atoms with E-state index in [0.29, 0.717) is 5.82 Å². The van der Waals surface area contributed by atoms with Crippen molar-refractivity contribution in [3.8, 4) is 0 Å². The fourth-order valence-electron chi connectivity index (χ4n) is 2.18. The lowest BCUT2D eigenvalue weighted by Gasteiger charge is -2.11. The van der Waals surface area contributed by atoms with Gasteiger partial charge in [-0.2, -0.15) is 15.0 Å². The van der Waals surface area contributed by atoms with Gasteiger partial charge < -0.3 is 10.1 Å². The van der Waals surface area contributed by atoms with Crippen LogP contribution < -0.4 is 10.6 Å². The Morgan fingerprint density at radius 3 is 2.30 bits per heavy atom. The predicted octanol–water partition coefficient (Wildman–Crippen LogP) is 4.66. The molecule has 8 heteroatoms. The molecule has 0 bridgehead atoms. The highest BCUT2D eigenvalue weighted by Gasteiger charge is 2.14. The summed E-state index contributed by atoms with van der Waals surface area (Å²) < 4.78 is 5.19. The first-order chi connectivity index (χ1) is 13.1. The Morgan fingerprint density at radius 1 is 1.00 bits per heavy atom. The summed E-state index contributed by atoms with van der Waals surface area (Å²) >= 11 is 6.10. The second-order valence-corrected chi connectivity index (χ2v) is 6.29. The summed E-state index contributed by atoms with van der Waals surface area (Å²) in [5, 5.41) is 5.12. The molecule has 1 heterocycles. The Morgan fingerprint density at radius 2 is 1.63 bits per heavy atom. The van der Waals surface area contributed by atoms with Crippen molar-refractivity contribution < 1.29 is 9.53 Å². The van der Waals surface area contributed by atoms with Crippen LogP contribution in [0.5, 0.6) is 0 Å². The van der Waals surface area contributed by atoms with Gasteiger partial charge in [0.15, 0.2) is 5.82 Å². The lowest BCUT2D eigenvalue weighted by molar-refractivity contribution is 0.155. The van der Waals surface area contributed by atoms with Gasteiger partial charge in [-0.05, 0) is 24.6 Å². The van der Waals surface area contributed by atoms with Crippen LogP contribution >= 0.6 is 11.6 Å². The van der Waals surface area contributed by atoms with E-state index < -0.39 is 11.5 Å². The van der Waals surface area contributed by atoms with Crippen molar-refractivity contribution in [2.45, 2.75) is 18.9 Å². The highest BCUT2D eigenvalue weighted by molar-refractivity contribution is 6.20. The third kappa shape index (κ3) is 5.65. The number of nitrogens with zero attached hydrogens (tertiary/aromatic N) is 3. The fourth-order valence-corrected chi connectivity index (χ4v) is 2.28. The van der Waals surface area contributed by atoms with E-state index in [4.69, 9.17) is 16.3 Å². The minimum Gasteiger partial charge on any atom is -0.444 e. The van der Waals surface area contributed by atoms with Crippen LogP contribution in [-0.2, 0) is 11.3 Å². The van der Waals surface area contributed by atoms with Crippen molar-refractivity contribution in [2.24, 2.45) is 0 Å². The molecule has 138 valence electrons. The number of para-hydroxylation sites is 1. The second-order valence-electron chi connectivity index (χ2n) is 5.63. The molecule has 0 aliphatic carbocycles. The van der Waals surface area contributed by atoms with Crippen LogP contribution in [0.2, 0.25) is 0 Å². The number of nitrogens with one attached hydrogen (secondary N) is 2. The number of benzene rings is 2. The van der Waals surface area contributed by atoms with Crippen LogP contribution in [0.4, 0.5) is 22.4 Å². The van der Waals surface area contributed by atoms with Crippen LogP contribution in [0.3, 0.4) is 0 Å². The van der Waals surface area contributed by atoms with Gasteiger partial charge in [-0.3, -0.25) is 5.32 Å². The summed E-state index contributed by atoms with van der Waals surface area (Å²) in [6, 6.07) is 18.8.